The molecule has 218 valence electrons. The van der Waals surface area contributed by atoms with E-state index in [1.807, 2.05) is 61.5 Å². The van der Waals surface area contributed by atoms with Crippen LogP contribution in [-0.2, 0) is 32.8 Å². The highest BCUT2D eigenvalue weighted by molar-refractivity contribution is 7.92. The molecule has 1 atom stereocenters. The summed E-state index contributed by atoms with van der Waals surface area (Å²) in [6.45, 7) is 3.80. The maximum atomic E-state index is 13.8. The van der Waals surface area contributed by atoms with Crippen molar-refractivity contribution in [3.05, 3.63) is 95.6 Å². The van der Waals surface area contributed by atoms with Crippen LogP contribution in [-0.4, -0.2) is 50.0 Å². The van der Waals surface area contributed by atoms with Gasteiger partial charge in [0.2, 0.25) is 21.8 Å². The number of benzene rings is 3. The quantitative estimate of drug-likeness (QED) is 0.333. The van der Waals surface area contributed by atoms with Crippen molar-refractivity contribution < 1.29 is 22.7 Å². The molecule has 0 aromatic heterocycles. The van der Waals surface area contributed by atoms with Gasteiger partial charge in [-0.1, -0.05) is 73.0 Å². The second-order valence-electron chi connectivity index (χ2n) is 10.7. The third kappa shape index (κ3) is 8.57. The van der Waals surface area contributed by atoms with Gasteiger partial charge in [-0.05, 0) is 62.1 Å². The first-order valence-corrected chi connectivity index (χ1v) is 15.8. The van der Waals surface area contributed by atoms with E-state index in [1.54, 1.807) is 31.2 Å². The Morgan fingerprint density at radius 2 is 1.56 bits per heavy atom. The van der Waals surface area contributed by atoms with E-state index < -0.39 is 28.5 Å². The first-order valence-electron chi connectivity index (χ1n) is 14.0. The van der Waals surface area contributed by atoms with Crippen molar-refractivity contribution in [1.82, 2.24) is 10.2 Å². The molecule has 3 aromatic rings. The second-order valence-corrected chi connectivity index (χ2v) is 12.6. The zero-order chi connectivity index (χ0) is 29.4. The Kier molecular flexibility index (Phi) is 10.0. The molecule has 2 amide bonds. The molecule has 1 fully saturated rings. The van der Waals surface area contributed by atoms with Crippen molar-refractivity contribution >= 4 is 27.5 Å². The number of nitrogens with one attached hydrogen (secondary N) is 1. The van der Waals surface area contributed by atoms with E-state index in [4.69, 9.17) is 4.74 Å². The summed E-state index contributed by atoms with van der Waals surface area (Å²) in [6.07, 6.45) is 5.07. The van der Waals surface area contributed by atoms with Crippen LogP contribution in [0.25, 0.3) is 0 Å². The fourth-order valence-corrected chi connectivity index (χ4v) is 5.78. The van der Waals surface area contributed by atoms with E-state index >= 15 is 0 Å². The standard InChI is InChI=1S/C32H39N3O5S/c1-24-13-15-26(16-14-24)21-34(25(2)32(37)33-28-11-7-8-12-28)31(36)22-35(41(3,38)39)29-17-19-30(20-18-29)40-23-27-9-5-4-6-10-27/h4-6,9-10,13-20,25,28H,7-8,11-12,21-23H2,1-3H3,(H,33,37)/t25-/m0/s1. The Morgan fingerprint density at radius 1 is 0.927 bits per heavy atom. The zero-order valence-electron chi connectivity index (χ0n) is 24.0. The van der Waals surface area contributed by atoms with Gasteiger partial charge in [-0.2, -0.15) is 0 Å². The van der Waals surface area contributed by atoms with Gasteiger partial charge in [-0.3, -0.25) is 13.9 Å². The molecular formula is C32H39N3O5S. The summed E-state index contributed by atoms with van der Waals surface area (Å²) < 4.78 is 32.6. The van der Waals surface area contributed by atoms with Crippen molar-refractivity contribution in [2.24, 2.45) is 0 Å². The largest absolute Gasteiger partial charge is 0.489 e. The van der Waals surface area contributed by atoms with Crippen LogP contribution in [0.1, 0.15) is 49.3 Å². The van der Waals surface area contributed by atoms with Crippen molar-refractivity contribution in [1.29, 1.82) is 0 Å². The molecule has 3 aromatic carbocycles. The van der Waals surface area contributed by atoms with E-state index in [9.17, 15) is 18.0 Å². The fraction of sp³-hybridized carbons (Fsp3) is 0.375. The molecular weight excluding hydrogens is 538 g/mol. The van der Waals surface area contributed by atoms with Crippen LogP contribution in [0.3, 0.4) is 0 Å². The number of carbonyl (C=O) groups is 2. The molecule has 1 aliphatic carbocycles. The first-order chi connectivity index (χ1) is 19.6. The number of carbonyl (C=O) groups excluding carboxylic acids is 2. The third-order valence-electron chi connectivity index (χ3n) is 7.39. The van der Waals surface area contributed by atoms with E-state index in [0.29, 0.717) is 18.0 Å². The Labute approximate surface area is 243 Å². The number of nitrogens with zero attached hydrogens (tertiary/aromatic N) is 2. The van der Waals surface area contributed by atoms with Crippen LogP contribution in [0.5, 0.6) is 5.75 Å². The number of anilines is 1. The Morgan fingerprint density at radius 3 is 2.17 bits per heavy atom. The van der Waals surface area contributed by atoms with Gasteiger partial charge in [0.1, 0.15) is 24.9 Å². The molecule has 0 radical (unpaired) electrons. The molecule has 0 bridgehead atoms. The van der Waals surface area contributed by atoms with E-state index in [0.717, 1.165) is 52.9 Å². The van der Waals surface area contributed by atoms with E-state index in [-0.39, 0.29) is 18.5 Å². The van der Waals surface area contributed by atoms with Crippen molar-refractivity contribution in [2.75, 3.05) is 17.1 Å². The molecule has 0 spiro atoms. The molecule has 1 aliphatic rings. The summed E-state index contributed by atoms with van der Waals surface area (Å²) in [5.74, 6) is -0.117. The normalized spacial score (nSPS) is 14.3. The molecule has 0 unspecified atom stereocenters. The highest BCUT2D eigenvalue weighted by Gasteiger charge is 2.31. The summed E-state index contributed by atoms with van der Waals surface area (Å²) in [5, 5.41) is 3.08. The fourth-order valence-electron chi connectivity index (χ4n) is 4.93. The van der Waals surface area contributed by atoms with Crippen LogP contribution >= 0.6 is 0 Å². The van der Waals surface area contributed by atoms with Crippen LogP contribution in [0.15, 0.2) is 78.9 Å². The first kappa shape index (κ1) is 30.1. The molecule has 1 N–H and O–H groups in total. The van der Waals surface area contributed by atoms with Crippen molar-refractivity contribution in [2.45, 2.75) is 64.8 Å². The molecule has 0 saturated heterocycles. The highest BCUT2D eigenvalue weighted by Crippen LogP contribution is 2.24. The monoisotopic (exact) mass is 577 g/mol. The van der Waals surface area contributed by atoms with Crippen LogP contribution in [0.2, 0.25) is 0 Å². The van der Waals surface area contributed by atoms with Crippen LogP contribution in [0.4, 0.5) is 5.69 Å². The predicted molar refractivity (Wildman–Crippen MR) is 161 cm³/mol. The number of sulfonamides is 1. The lowest BCUT2D eigenvalue weighted by atomic mass is 10.1. The maximum absolute atomic E-state index is 13.8. The van der Waals surface area contributed by atoms with Gasteiger partial charge in [0, 0.05) is 12.6 Å². The molecule has 9 heteroatoms. The lowest BCUT2D eigenvalue weighted by Crippen LogP contribution is -2.52. The molecule has 0 heterocycles. The zero-order valence-corrected chi connectivity index (χ0v) is 24.8. The minimum Gasteiger partial charge on any atom is -0.489 e. The Balaban J connectivity index is 1.51. The summed E-state index contributed by atoms with van der Waals surface area (Å²) in [7, 11) is -3.81. The maximum Gasteiger partial charge on any atom is 0.244 e. The molecule has 1 saturated carbocycles. The van der Waals surface area contributed by atoms with Gasteiger partial charge < -0.3 is 15.0 Å². The number of ether oxygens (including phenoxy) is 1. The summed E-state index contributed by atoms with van der Waals surface area (Å²) in [6, 6.07) is 23.4. The van der Waals surface area contributed by atoms with E-state index in [1.165, 1.54) is 4.90 Å². The van der Waals surface area contributed by atoms with Crippen molar-refractivity contribution in [3.63, 3.8) is 0 Å². The van der Waals surface area contributed by atoms with Gasteiger partial charge in [0.25, 0.3) is 0 Å². The lowest BCUT2D eigenvalue weighted by molar-refractivity contribution is -0.139. The third-order valence-corrected chi connectivity index (χ3v) is 8.54. The minimum absolute atomic E-state index is 0.108. The van der Waals surface area contributed by atoms with E-state index in [2.05, 4.69) is 5.32 Å². The molecule has 4 rings (SSSR count). The van der Waals surface area contributed by atoms with Gasteiger partial charge in [0.15, 0.2) is 0 Å². The molecule has 8 nitrogen and oxygen atoms in total. The lowest BCUT2D eigenvalue weighted by Gasteiger charge is -2.32. The second kappa shape index (κ2) is 13.7. The summed E-state index contributed by atoms with van der Waals surface area (Å²) in [5.41, 5.74) is 3.29. The van der Waals surface area contributed by atoms with Crippen LogP contribution in [0, 0.1) is 6.92 Å². The number of hydrogen-bond acceptors (Lipinski definition) is 5. The van der Waals surface area contributed by atoms with Crippen molar-refractivity contribution in [3.8, 4) is 5.75 Å². The average molecular weight is 578 g/mol. The number of aryl methyl sites for hydroxylation is 1. The number of amides is 2. The van der Waals surface area contributed by atoms with Gasteiger partial charge in [-0.15, -0.1) is 0 Å². The topological polar surface area (TPSA) is 96.0 Å². The van der Waals surface area contributed by atoms with Gasteiger partial charge in [0.05, 0.1) is 11.9 Å². The van der Waals surface area contributed by atoms with Gasteiger partial charge in [-0.25, -0.2) is 8.42 Å². The van der Waals surface area contributed by atoms with Crippen LogP contribution < -0.4 is 14.4 Å². The Bertz CT molecular complexity index is 1400. The minimum atomic E-state index is -3.81. The smallest absolute Gasteiger partial charge is 0.244 e. The number of rotatable bonds is 12. The summed E-state index contributed by atoms with van der Waals surface area (Å²) in [4.78, 5) is 28.4. The summed E-state index contributed by atoms with van der Waals surface area (Å²) >= 11 is 0. The highest BCUT2D eigenvalue weighted by atomic mass is 32.2. The number of hydrogen-bond donors (Lipinski definition) is 1. The molecule has 41 heavy (non-hydrogen) atoms. The molecule has 0 aliphatic heterocycles. The predicted octanol–water partition coefficient (Wildman–Crippen LogP) is 4.82. The average Bonchev–Trinajstić information content (AvgIpc) is 3.47. The van der Waals surface area contributed by atoms with Gasteiger partial charge >= 0.3 is 0 Å². The Hall–Kier alpha value is -3.85. The SMILES string of the molecule is Cc1ccc(CN(C(=O)CN(c2ccc(OCc3ccccc3)cc2)S(C)(=O)=O)[C@@H](C)C(=O)NC2CCCC2)cc1.